The van der Waals surface area contributed by atoms with Crippen LogP contribution in [0.25, 0.3) is 0 Å². The zero-order valence-electron chi connectivity index (χ0n) is 10.6. The van der Waals surface area contributed by atoms with Gasteiger partial charge in [0.15, 0.2) is 0 Å². The van der Waals surface area contributed by atoms with Gasteiger partial charge >= 0.3 is 0 Å². The SMILES string of the molecule is CCC1C(CC=O)C2CC1C1C3C=CC(C3)C21. The van der Waals surface area contributed by atoms with Crippen LogP contribution < -0.4 is 0 Å². The molecule has 3 fully saturated rings. The molecule has 4 aliphatic rings. The fourth-order valence-corrected chi connectivity index (χ4v) is 6.35. The van der Waals surface area contributed by atoms with Gasteiger partial charge < -0.3 is 4.79 Å². The van der Waals surface area contributed by atoms with Crippen LogP contribution in [0.4, 0.5) is 0 Å². The average molecular weight is 230 g/mol. The topological polar surface area (TPSA) is 17.1 Å². The van der Waals surface area contributed by atoms with Gasteiger partial charge in [0.25, 0.3) is 0 Å². The highest BCUT2D eigenvalue weighted by atomic mass is 16.1. The Bertz CT molecular complexity index is 372. The fourth-order valence-electron chi connectivity index (χ4n) is 6.35. The minimum Gasteiger partial charge on any atom is -0.303 e. The molecule has 0 aromatic carbocycles. The lowest BCUT2D eigenvalue weighted by Crippen LogP contribution is -2.37. The van der Waals surface area contributed by atoms with E-state index in [9.17, 15) is 4.79 Å². The van der Waals surface area contributed by atoms with Crippen LogP contribution in [-0.2, 0) is 4.79 Å². The normalized spacial score (nSPS) is 57.7. The molecule has 17 heavy (non-hydrogen) atoms. The lowest BCUT2D eigenvalue weighted by molar-refractivity contribution is -0.109. The second kappa shape index (κ2) is 3.46. The van der Waals surface area contributed by atoms with Crippen molar-refractivity contribution in [3.8, 4) is 0 Å². The van der Waals surface area contributed by atoms with Crippen molar-refractivity contribution in [2.45, 2.75) is 32.6 Å². The van der Waals surface area contributed by atoms with Crippen molar-refractivity contribution >= 4 is 6.29 Å². The molecule has 0 aromatic heterocycles. The number of hydrogen-bond acceptors (Lipinski definition) is 1. The monoisotopic (exact) mass is 230 g/mol. The Labute approximate surface area is 104 Å². The third kappa shape index (κ3) is 1.14. The number of fused-ring (bicyclic) bond motifs is 9. The predicted molar refractivity (Wildman–Crippen MR) is 67.3 cm³/mol. The highest BCUT2D eigenvalue weighted by Crippen LogP contribution is 2.69. The first-order valence-corrected chi connectivity index (χ1v) is 7.47. The summed E-state index contributed by atoms with van der Waals surface area (Å²) < 4.78 is 0. The summed E-state index contributed by atoms with van der Waals surface area (Å²) in [6.45, 7) is 2.33. The van der Waals surface area contributed by atoms with Gasteiger partial charge in [-0.2, -0.15) is 0 Å². The van der Waals surface area contributed by atoms with E-state index in [0.29, 0.717) is 0 Å². The Hall–Kier alpha value is -0.590. The standard InChI is InChI=1S/C16H22O/c1-2-11-12(5-6-17)14-8-13(11)15-9-3-4-10(7-9)16(14)15/h3-4,6,9-16H,2,5,7-8H2,1H3. The molecule has 4 rings (SSSR count). The molecule has 92 valence electrons. The smallest absolute Gasteiger partial charge is 0.120 e. The molecule has 0 aliphatic heterocycles. The highest BCUT2D eigenvalue weighted by molar-refractivity contribution is 5.50. The molecule has 1 heteroatoms. The van der Waals surface area contributed by atoms with E-state index >= 15 is 0 Å². The van der Waals surface area contributed by atoms with E-state index in [4.69, 9.17) is 0 Å². The first kappa shape index (κ1) is 10.3. The Kier molecular flexibility index (Phi) is 2.11. The van der Waals surface area contributed by atoms with Crippen LogP contribution >= 0.6 is 0 Å². The van der Waals surface area contributed by atoms with Crippen LogP contribution in [0.1, 0.15) is 32.6 Å². The van der Waals surface area contributed by atoms with E-state index in [0.717, 1.165) is 53.8 Å². The molecule has 8 atom stereocenters. The molecule has 0 radical (unpaired) electrons. The lowest BCUT2D eigenvalue weighted by atomic mass is 9.63. The molecular formula is C16H22O. The largest absolute Gasteiger partial charge is 0.303 e. The van der Waals surface area contributed by atoms with Crippen LogP contribution in [0, 0.1) is 47.3 Å². The summed E-state index contributed by atoms with van der Waals surface area (Å²) in [7, 11) is 0. The van der Waals surface area contributed by atoms with Gasteiger partial charge in [-0.05, 0) is 60.2 Å². The molecule has 0 saturated heterocycles. The number of carbonyl (C=O) groups excluding carboxylic acids is 1. The summed E-state index contributed by atoms with van der Waals surface area (Å²) in [5.74, 6) is 7.19. The van der Waals surface area contributed by atoms with Crippen LogP contribution in [0.3, 0.4) is 0 Å². The Balaban J connectivity index is 1.68. The number of carbonyl (C=O) groups is 1. The van der Waals surface area contributed by atoms with E-state index in [1.165, 1.54) is 25.5 Å². The fraction of sp³-hybridized carbons (Fsp3) is 0.812. The van der Waals surface area contributed by atoms with Crippen LogP contribution in [0.2, 0.25) is 0 Å². The quantitative estimate of drug-likeness (QED) is 0.413. The minimum atomic E-state index is 0.733. The number of allylic oxidation sites excluding steroid dienone is 2. The zero-order chi connectivity index (χ0) is 11.6. The Morgan fingerprint density at radius 2 is 1.71 bits per heavy atom. The van der Waals surface area contributed by atoms with Crippen molar-refractivity contribution in [3.05, 3.63) is 12.2 Å². The van der Waals surface area contributed by atoms with Gasteiger partial charge in [0.2, 0.25) is 0 Å². The van der Waals surface area contributed by atoms with Crippen molar-refractivity contribution < 1.29 is 4.79 Å². The van der Waals surface area contributed by atoms with Crippen molar-refractivity contribution in [3.63, 3.8) is 0 Å². The molecule has 4 bridgehead atoms. The van der Waals surface area contributed by atoms with Gasteiger partial charge in [0, 0.05) is 6.42 Å². The van der Waals surface area contributed by atoms with Crippen molar-refractivity contribution in [1.29, 1.82) is 0 Å². The molecule has 0 heterocycles. The van der Waals surface area contributed by atoms with Crippen molar-refractivity contribution in [2.75, 3.05) is 0 Å². The summed E-state index contributed by atoms with van der Waals surface area (Å²) in [6, 6.07) is 0. The molecule has 0 aromatic rings. The van der Waals surface area contributed by atoms with Gasteiger partial charge in [0.05, 0.1) is 0 Å². The van der Waals surface area contributed by atoms with Crippen LogP contribution in [-0.4, -0.2) is 6.29 Å². The molecule has 0 N–H and O–H groups in total. The predicted octanol–water partition coefficient (Wildman–Crippen LogP) is 3.31. The van der Waals surface area contributed by atoms with E-state index in [-0.39, 0.29) is 0 Å². The van der Waals surface area contributed by atoms with Gasteiger partial charge in [-0.25, -0.2) is 0 Å². The number of aldehydes is 1. The van der Waals surface area contributed by atoms with Gasteiger partial charge in [-0.15, -0.1) is 0 Å². The van der Waals surface area contributed by atoms with Crippen LogP contribution in [0.15, 0.2) is 12.2 Å². The van der Waals surface area contributed by atoms with Gasteiger partial charge in [-0.3, -0.25) is 0 Å². The second-order valence-electron chi connectivity index (χ2n) is 6.80. The van der Waals surface area contributed by atoms with Gasteiger partial charge in [0.1, 0.15) is 6.29 Å². The molecule has 3 saturated carbocycles. The minimum absolute atomic E-state index is 0.733. The number of hydrogen-bond donors (Lipinski definition) is 0. The Morgan fingerprint density at radius 1 is 1.06 bits per heavy atom. The maximum absolute atomic E-state index is 10.9. The summed E-state index contributed by atoms with van der Waals surface area (Å²) in [6.07, 6.45) is 11.2. The lowest BCUT2D eigenvalue weighted by Gasteiger charge is -2.41. The maximum Gasteiger partial charge on any atom is 0.120 e. The van der Waals surface area contributed by atoms with Crippen molar-refractivity contribution in [2.24, 2.45) is 47.3 Å². The second-order valence-corrected chi connectivity index (χ2v) is 6.80. The summed E-state index contributed by atoms with van der Waals surface area (Å²) >= 11 is 0. The average Bonchev–Trinajstić information content (AvgIpc) is 3.06. The highest BCUT2D eigenvalue weighted by Gasteiger charge is 2.63. The summed E-state index contributed by atoms with van der Waals surface area (Å²) in [5, 5.41) is 0. The zero-order valence-corrected chi connectivity index (χ0v) is 10.6. The van der Waals surface area contributed by atoms with E-state index in [2.05, 4.69) is 19.1 Å². The maximum atomic E-state index is 10.9. The first-order chi connectivity index (χ1) is 8.35. The molecule has 8 unspecified atom stereocenters. The molecule has 4 aliphatic carbocycles. The van der Waals surface area contributed by atoms with E-state index < -0.39 is 0 Å². The Morgan fingerprint density at radius 3 is 2.29 bits per heavy atom. The molecule has 0 amide bonds. The van der Waals surface area contributed by atoms with E-state index in [1.807, 2.05) is 0 Å². The summed E-state index contributed by atoms with van der Waals surface area (Å²) in [5.41, 5.74) is 0. The molecule has 0 spiro atoms. The summed E-state index contributed by atoms with van der Waals surface area (Å²) in [4.78, 5) is 10.9. The third-order valence-corrected chi connectivity index (χ3v) is 6.61. The van der Waals surface area contributed by atoms with Crippen LogP contribution in [0.5, 0.6) is 0 Å². The number of rotatable bonds is 3. The molecule has 1 nitrogen and oxygen atoms in total. The molecular weight excluding hydrogens is 208 g/mol. The van der Waals surface area contributed by atoms with E-state index in [1.54, 1.807) is 0 Å². The third-order valence-electron chi connectivity index (χ3n) is 6.61. The first-order valence-electron chi connectivity index (χ1n) is 7.47. The van der Waals surface area contributed by atoms with Gasteiger partial charge in [-0.1, -0.05) is 25.5 Å². The van der Waals surface area contributed by atoms with Crippen molar-refractivity contribution in [1.82, 2.24) is 0 Å².